The molecule has 2 nitrogen and oxygen atoms in total. The van der Waals surface area contributed by atoms with Crippen LogP contribution in [0.4, 0.5) is 0 Å². The van der Waals surface area contributed by atoms with Gasteiger partial charge in [0.25, 0.3) is 0 Å². The van der Waals surface area contributed by atoms with Gasteiger partial charge in [-0.1, -0.05) is 27.7 Å². The van der Waals surface area contributed by atoms with Gasteiger partial charge in [0.2, 0.25) is 0 Å². The van der Waals surface area contributed by atoms with E-state index in [-0.39, 0.29) is 5.54 Å². The van der Waals surface area contributed by atoms with Gasteiger partial charge in [0.05, 0.1) is 0 Å². The Morgan fingerprint density at radius 3 is 2.60 bits per heavy atom. The van der Waals surface area contributed by atoms with Crippen LogP contribution in [0.3, 0.4) is 0 Å². The van der Waals surface area contributed by atoms with Crippen LogP contribution in [-0.4, -0.2) is 41.6 Å². The van der Waals surface area contributed by atoms with Crippen LogP contribution < -0.4 is 5.73 Å². The van der Waals surface area contributed by atoms with Crippen LogP contribution in [0.15, 0.2) is 0 Å². The summed E-state index contributed by atoms with van der Waals surface area (Å²) in [7, 11) is 0. The molecule has 2 rings (SSSR count). The highest BCUT2D eigenvalue weighted by atomic mass is 32.2. The fraction of sp³-hybridized carbons (Fsp3) is 1.00. The maximum atomic E-state index is 6.34. The minimum atomic E-state index is 0.224. The highest BCUT2D eigenvalue weighted by molar-refractivity contribution is 7.99. The molecule has 3 heteroatoms. The largest absolute Gasteiger partial charge is 0.329 e. The van der Waals surface area contributed by atoms with Crippen molar-refractivity contribution in [2.45, 2.75) is 58.9 Å². The molecule has 0 amide bonds. The van der Waals surface area contributed by atoms with E-state index in [2.05, 4.69) is 44.4 Å². The summed E-state index contributed by atoms with van der Waals surface area (Å²) in [4.78, 5) is 2.78. The van der Waals surface area contributed by atoms with Gasteiger partial charge in [-0.25, -0.2) is 0 Å². The standard InChI is InChI=1S/C17H34N2S/c1-14(2)15-6-5-9-19(10-7-15)17(12-18)13-20-11-8-16(17,3)4/h14-15H,5-13,18H2,1-4H3. The summed E-state index contributed by atoms with van der Waals surface area (Å²) in [5.74, 6) is 4.27. The minimum Gasteiger partial charge on any atom is -0.329 e. The normalized spacial score (nSPS) is 36.0. The van der Waals surface area contributed by atoms with E-state index in [0.717, 1.165) is 18.4 Å². The molecule has 2 N–H and O–H groups in total. The molecule has 0 spiro atoms. The zero-order chi connectivity index (χ0) is 14.8. The lowest BCUT2D eigenvalue weighted by Gasteiger charge is -2.55. The fourth-order valence-corrected chi connectivity index (χ4v) is 6.02. The van der Waals surface area contributed by atoms with Gasteiger partial charge < -0.3 is 5.73 Å². The van der Waals surface area contributed by atoms with Crippen molar-refractivity contribution in [3.05, 3.63) is 0 Å². The Morgan fingerprint density at radius 2 is 2.00 bits per heavy atom. The Bertz CT molecular complexity index is 316. The summed E-state index contributed by atoms with van der Waals surface area (Å²) in [6, 6.07) is 0. The highest BCUT2D eigenvalue weighted by Gasteiger charge is 2.50. The molecule has 2 saturated heterocycles. The van der Waals surface area contributed by atoms with Crippen LogP contribution in [0.5, 0.6) is 0 Å². The number of thioether (sulfide) groups is 1. The number of nitrogens with zero attached hydrogens (tertiary/aromatic N) is 1. The Balaban J connectivity index is 2.15. The Hall–Kier alpha value is 0.270. The average Bonchev–Trinajstić information content (AvgIpc) is 2.65. The van der Waals surface area contributed by atoms with Crippen molar-refractivity contribution in [2.24, 2.45) is 23.0 Å². The number of likely N-dealkylation sites (tertiary alicyclic amines) is 1. The maximum absolute atomic E-state index is 6.34. The summed E-state index contributed by atoms with van der Waals surface area (Å²) in [5, 5.41) is 0. The predicted molar refractivity (Wildman–Crippen MR) is 91.3 cm³/mol. The molecule has 0 bridgehead atoms. The first-order valence-corrected chi connectivity index (χ1v) is 9.61. The van der Waals surface area contributed by atoms with E-state index in [9.17, 15) is 0 Å². The molecule has 2 atom stereocenters. The third kappa shape index (κ3) is 3.05. The van der Waals surface area contributed by atoms with Crippen LogP contribution in [0.1, 0.15) is 53.4 Å². The molecule has 2 aliphatic heterocycles. The third-order valence-corrected chi connectivity index (χ3v) is 7.31. The second kappa shape index (κ2) is 6.58. The number of nitrogens with two attached hydrogens (primary N) is 1. The summed E-state index contributed by atoms with van der Waals surface area (Å²) in [5.41, 5.74) is 6.91. The highest BCUT2D eigenvalue weighted by Crippen LogP contribution is 2.46. The van der Waals surface area contributed by atoms with Crippen molar-refractivity contribution in [3.63, 3.8) is 0 Å². The number of rotatable bonds is 3. The molecule has 118 valence electrons. The van der Waals surface area contributed by atoms with Gasteiger partial charge in [0.1, 0.15) is 0 Å². The first-order chi connectivity index (χ1) is 9.43. The van der Waals surface area contributed by atoms with E-state index in [0.29, 0.717) is 5.41 Å². The van der Waals surface area contributed by atoms with Crippen molar-refractivity contribution >= 4 is 11.8 Å². The molecule has 20 heavy (non-hydrogen) atoms. The monoisotopic (exact) mass is 298 g/mol. The van der Waals surface area contributed by atoms with Crippen LogP contribution in [-0.2, 0) is 0 Å². The molecular formula is C17H34N2S. The van der Waals surface area contributed by atoms with Crippen LogP contribution in [0, 0.1) is 17.3 Å². The quantitative estimate of drug-likeness (QED) is 0.863. The van der Waals surface area contributed by atoms with Crippen molar-refractivity contribution in [3.8, 4) is 0 Å². The average molecular weight is 299 g/mol. The van der Waals surface area contributed by atoms with Gasteiger partial charge in [-0.15, -0.1) is 0 Å². The van der Waals surface area contributed by atoms with E-state index in [1.807, 2.05) is 0 Å². The van der Waals surface area contributed by atoms with Crippen molar-refractivity contribution < 1.29 is 0 Å². The van der Waals surface area contributed by atoms with Gasteiger partial charge in [-0.3, -0.25) is 4.90 Å². The van der Waals surface area contributed by atoms with E-state index < -0.39 is 0 Å². The number of hydrogen-bond acceptors (Lipinski definition) is 3. The van der Waals surface area contributed by atoms with Crippen LogP contribution in [0.2, 0.25) is 0 Å². The topological polar surface area (TPSA) is 29.3 Å². The maximum Gasteiger partial charge on any atom is 0.0472 e. The molecule has 0 aromatic heterocycles. The molecular weight excluding hydrogens is 264 g/mol. The second-order valence-electron chi connectivity index (χ2n) is 7.84. The van der Waals surface area contributed by atoms with E-state index in [1.165, 1.54) is 50.3 Å². The first kappa shape index (κ1) is 16.6. The molecule has 0 aromatic rings. The van der Waals surface area contributed by atoms with Crippen molar-refractivity contribution in [1.29, 1.82) is 0 Å². The van der Waals surface area contributed by atoms with Gasteiger partial charge in [0.15, 0.2) is 0 Å². The molecule has 0 aromatic carbocycles. The van der Waals surface area contributed by atoms with Gasteiger partial charge in [-0.2, -0.15) is 11.8 Å². The lowest BCUT2D eigenvalue weighted by molar-refractivity contribution is 0.00260. The molecule has 0 saturated carbocycles. The number of hydrogen-bond donors (Lipinski definition) is 1. The molecule has 2 unspecified atom stereocenters. The third-order valence-electron chi connectivity index (χ3n) is 6.13. The van der Waals surface area contributed by atoms with Crippen LogP contribution >= 0.6 is 11.8 Å². The summed E-state index contributed by atoms with van der Waals surface area (Å²) >= 11 is 2.11. The summed E-state index contributed by atoms with van der Waals surface area (Å²) < 4.78 is 0. The summed E-state index contributed by atoms with van der Waals surface area (Å²) in [6.07, 6.45) is 5.42. The SMILES string of the molecule is CC(C)C1CCCN(C2(CN)CSCCC2(C)C)CC1. The van der Waals surface area contributed by atoms with Crippen molar-refractivity contribution in [1.82, 2.24) is 4.90 Å². The fourth-order valence-electron chi connectivity index (χ4n) is 4.20. The molecule has 0 aliphatic carbocycles. The van der Waals surface area contributed by atoms with Crippen molar-refractivity contribution in [2.75, 3.05) is 31.1 Å². The van der Waals surface area contributed by atoms with E-state index in [1.54, 1.807) is 0 Å². The molecule has 0 radical (unpaired) electrons. The first-order valence-electron chi connectivity index (χ1n) is 8.46. The smallest absolute Gasteiger partial charge is 0.0472 e. The summed E-state index contributed by atoms with van der Waals surface area (Å²) in [6.45, 7) is 13.0. The second-order valence-corrected chi connectivity index (χ2v) is 8.95. The zero-order valence-electron chi connectivity index (χ0n) is 14.0. The van der Waals surface area contributed by atoms with E-state index in [4.69, 9.17) is 5.73 Å². The molecule has 2 heterocycles. The molecule has 2 aliphatic rings. The van der Waals surface area contributed by atoms with E-state index >= 15 is 0 Å². The Labute approximate surface area is 130 Å². The van der Waals surface area contributed by atoms with Gasteiger partial charge in [-0.05, 0) is 61.8 Å². The van der Waals surface area contributed by atoms with Crippen LogP contribution in [0.25, 0.3) is 0 Å². The Kier molecular flexibility index (Phi) is 5.47. The predicted octanol–water partition coefficient (Wildman–Crippen LogP) is 3.61. The molecule has 2 fully saturated rings. The van der Waals surface area contributed by atoms with Gasteiger partial charge in [0, 0.05) is 17.8 Å². The zero-order valence-corrected chi connectivity index (χ0v) is 14.8. The lowest BCUT2D eigenvalue weighted by Crippen LogP contribution is -2.66. The minimum absolute atomic E-state index is 0.224. The lowest BCUT2D eigenvalue weighted by atomic mass is 9.69. The van der Waals surface area contributed by atoms with Gasteiger partial charge >= 0.3 is 0 Å². The Morgan fingerprint density at radius 1 is 1.25 bits per heavy atom.